The van der Waals surface area contributed by atoms with Crippen LogP contribution in [0.2, 0.25) is 0 Å². The van der Waals surface area contributed by atoms with Crippen LogP contribution in [-0.2, 0) is 6.18 Å². The zero-order valence-electron chi connectivity index (χ0n) is 15.4. The van der Waals surface area contributed by atoms with E-state index < -0.39 is 11.7 Å². The molecule has 2 aliphatic heterocycles. The molecule has 0 aromatic heterocycles. The maximum Gasteiger partial charge on any atom is 0.416 e. The van der Waals surface area contributed by atoms with Gasteiger partial charge in [0.05, 0.1) is 5.56 Å². The van der Waals surface area contributed by atoms with E-state index in [-0.39, 0.29) is 18.1 Å². The molecular weight excluding hydrogens is 405 g/mol. The number of hydrogen-bond acceptors (Lipinski definition) is 4. The van der Waals surface area contributed by atoms with Crippen LogP contribution < -0.4 is 14.8 Å². The summed E-state index contributed by atoms with van der Waals surface area (Å²) >= 11 is 1.77. The Balaban J connectivity index is 1.36. The largest absolute Gasteiger partial charge is 0.454 e. The molecule has 1 N–H and O–H groups in total. The molecule has 154 valence electrons. The number of alkyl halides is 3. The highest BCUT2D eigenvalue weighted by molar-refractivity contribution is 7.99. The second-order valence-corrected chi connectivity index (χ2v) is 8.06. The Kier molecular flexibility index (Phi) is 5.49. The molecule has 0 saturated carbocycles. The maximum absolute atomic E-state index is 12.7. The molecule has 2 amide bonds. The lowest BCUT2D eigenvalue weighted by molar-refractivity contribution is -0.137. The van der Waals surface area contributed by atoms with Crippen LogP contribution in [0.25, 0.3) is 0 Å². The third-order valence-electron chi connectivity index (χ3n) is 4.86. The van der Waals surface area contributed by atoms with Crippen LogP contribution in [0.3, 0.4) is 0 Å². The van der Waals surface area contributed by atoms with E-state index in [4.69, 9.17) is 9.47 Å². The molecule has 1 unspecified atom stereocenters. The van der Waals surface area contributed by atoms with Gasteiger partial charge in [-0.15, -0.1) is 0 Å². The fraction of sp³-hybridized carbons (Fsp3) is 0.350. The summed E-state index contributed by atoms with van der Waals surface area (Å²) in [6, 6.07) is 10.1. The van der Waals surface area contributed by atoms with Gasteiger partial charge in [-0.25, -0.2) is 4.79 Å². The van der Waals surface area contributed by atoms with Crippen molar-refractivity contribution in [2.75, 3.05) is 31.0 Å². The van der Waals surface area contributed by atoms with E-state index in [0.29, 0.717) is 18.8 Å². The molecule has 4 rings (SSSR count). The molecule has 2 aromatic rings. The summed E-state index contributed by atoms with van der Waals surface area (Å²) in [5.41, 5.74) is 0.727. The molecule has 1 fully saturated rings. The van der Waals surface area contributed by atoms with E-state index >= 15 is 0 Å². The third kappa shape index (κ3) is 4.55. The summed E-state index contributed by atoms with van der Waals surface area (Å²) in [6.45, 7) is 1.35. The Morgan fingerprint density at radius 1 is 1.07 bits per heavy atom. The Morgan fingerprint density at radius 2 is 1.83 bits per heavy atom. The third-order valence-corrected chi connectivity index (χ3v) is 6.19. The number of nitrogens with zero attached hydrogens (tertiary/aromatic N) is 1. The number of carbonyl (C=O) groups is 1. The number of anilines is 1. The SMILES string of the molecule is O=C(Nc1ccc(C(F)(F)F)cc1)N1CCSC(c2ccc3c(c2)OCO3)CC1. The maximum atomic E-state index is 12.7. The predicted molar refractivity (Wildman–Crippen MR) is 104 cm³/mol. The Morgan fingerprint density at radius 3 is 2.59 bits per heavy atom. The van der Waals surface area contributed by atoms with Gasteiger partial charge in [0.25, 0.3) is 0 Å². The van der Waals surface area contributed by atoms with Crippen molar-refractivity contribution in [2.24, 2.45) is 0 Å². The second kappa shape index (κ2) is 8.06. The standard InChI is InChI=1S/C20H19F3N2O3S/c21-20(22,23)14-2-4-15(5-3-14)24-19(26)25-8-7-18(29-10-9-25)13-1-6-16-17(11-13)28-12-27-16/h1-6,11,18H,7-10,12H2,(H,24,26). The molecule has 1 atom stereocenters. The van der Waals surface area contributed by atoms with Crippen molar-refractivity contribution in [1.82, 2.24) is 4.90 Å². The molecular formula is C20H19F3N2O3S. The molecule has 0 bridgehead atoms. The van der Waals surface area contributed by atoms with Crippen LogP contribution in [0.1, 0.15) is 22.8 Å². The van der Waals surface area contributed by atoms with Gasteiger partial charge in [0.1, 0.15) is 0 Å². The monoisotopic (exact) mass is 424 g/mol. The minimum atomic E-state index is -4.39. The number of thioether (sulfide) groups is 1. The van der Waals surface area contributed by atoms with Crippen LogP contribution >= 0.6 is 11.8 Å². The van der Waals surface area contributed by atoms with Crippen molar-refractivity contribution in [1.29, 1.82) is 0 Å². The van der Waals surface area contributed by atoms with Crippen molar-refractivity contribution in [3.05, 3.63) is 53.6 Å². The predicted octanol–water partition coefficient (Wildman–Crippen LogP) is 5.15. The van der Waals surface area contributed by atoms with Crippen LogP contribution in [-0.4, -0.2) is 36.6 Å². The number of urea groups is 1. The van der Waals surface area contributed by atoms with Gasteiger partial charge in [-0.2, -0.15) is 24.9 Å². The van der Waals surface area contributed by atoms with Gasteiger partial charge in [-0.1, -0.05) is 6.07 Å². The number of halogens is 3. The molecule has 5 nitrogen and oxygen atoms in total. The normalized spacial score (nSPS) is 19.0. The smallest absolute Gasteiger partial charge is 0.416 e. The number of ether oxygens (including phenoxy) is 2. The molecule has 0 radical (unpaired) electrons. The van der Waals surface area contributed by atoms with E-state index in [1.54, 1.807) is 16.7 Å². The number of rotatable bonds is 2. The van der Waals surface area contributed by atoms with Gasteiger partial charge in [0, 0.05) is 29.8 Å². The van der Waals surface area contributed by atoms with E-state index in [2.05, 4.69) is 5.32 Å². The minimum absolute atomic E-state index is 0.230. The van der Waals surface area contributed by atoms with Gasteiger partial charge < -0.3 is 19.7 Å². The van der Waals surface area contributed by atoms with Gasteiger partial charge in [0.15, 0.2) is 11.5 Å². The van der Waals surface area contributed by atoms with Crippen LogP contribution in [0.4, 0.5) is 23.7 Å². The molecule has 0 aliphatic carbocycles. The van der Waals surface area contributed by atoms with Gasteiger partial charge >= 0.3 is 12.2 Å². The fourth-order valence-electron chi connectivity index (χ4n) is 3.30. The van der Waals surface area contributed by atoms with Crippen molar-refractivity contribution >= 4 is 23.5 Å². The summed E-state index contributed by atoms with van der Waals surface area (Å²) in [5, 5.41) is 2.91. The van der Waals surface area contributed by atoms with E-state index in [9.17, 15) is 18.0 Å². The first-order valence-corrected chi connectivity index (χ1v) is 10.2. The highest BCUT2D eigenvalue weighted by Gasteiger charge is 2.30. The van der Waals surface area contributed by atoms with Crippen molar-refractivity contribution < 1.29 is 27.4 Å². The lowest BCUT2D eigenvalue weighted by Gasteiger charge is -2.21. The summed E-state index contributed by atoms with van der Waals surface area (Å²) in [4.78, 5) is 14.2. The first-order chi connectivity index (χ1) is 13.9. The Hall–Kier alpha value is -2.55. The Bertz CT molecular complexity index is 890. The average Bonchev–Trinajstić information content (AvgIpc) is 3.02. The average molecular weight is 424 g/mol. The summed E-state index contributed by atoms with van der Waals surface area (Å²) in [5.74, 6) is 2.24. The summed E-state index contributed by atoms with van der Waals surface area (Å²) < 4.78 is 48.7. The molecule has 2 aromatic carbocycles. The van der Waals surface area contributed by atoms with Gasteiger partial charge in [-0.3, -0.25) is 0 Å². The summed E-state index contributed by atoms with van der Waals surface area (Å²) in [7, 11) is 0. The van der Waals surface area contributed by atoms with Gasteiger partial charge in [-0.05, 0) is 48.4 Å². The molecule has 2 aliphatic rings. The molecule has 2 heterocycles. The van der Waals surface area contributed by atoms with Crippen LogP contribution in [0.5, 0.6) is 11.5 Å². The van der Waals surface area contributed by atoms with Crippen molar-refractivity contribution in [2.45, 2.75) is 17.8 Å². The second-order valence-electron chi connectivity index (χ2n) is 6.75. The van der Waals surface area contributed by atoms with Crippen LogP contribution in [0, 0.1) is 0 Å². The van der Waals surface area contributed by atoms with E-state index in [1.807, 2.05) is 18.2 Å². The first-order valence-electron chi connectivity index (χ1n) is 9.14. The zero-order chi connectivity index (χ0) is 20.4. The lowest BCUT2D eigenvalue weighted by atomic mass is 10.1. The number of hydrogen-bond donors (Lipinski definition) is 1. The Labute approximate surface area is 170 Å². The number of fused-ring (bicyclic) bond motifs is 1. The van der Waals surface area contributed by atoms with Gasteiger partial charge in [0.2, 0.25) is 6.79 Å². The quantitative estimate of drug-likeness (QED) is 0.725. The fourth-order valence-corrected chi connectivity index (χ4v) is 4.52. The van der Waals surface area contributed by atoms with E-state index in [0.717, 1.165) is 41.4 Å². The number of nitrogens with one attached hydrogen (secondary N) is 1. The zero-order valence-corrected chi connectivity index (χ0v) is 16.2. The topological polar surface area (TPSA) is 50.8 Å². The van der Waals surface area contributed by atoms with E-state index in [1.165, 1.54) is 12.1 Å². The molecule has 9 heteroatoms. The minimum Gasteiger partial charge on any atom is -0.454 e. The molecule has 29 heavy (non-hydrogen) atoms. The molecule has 1 saturated heterocycles. The highest BCUT2D eigenvalue weighted by atomic mass is 32.2. The first kappa shape index (κ1) is 19.8. The number of carbonyl (C=O) groups excluding carboxylic acids is 1. The van der Waals surface area contributed by atoms with Crippen LogP contribution in [0.15, 0.2) is 42.5 Å². The lowest BCUT2D eigenvalue weighted by Crippen LogP contribution is -2.36. The number of benzene rings is 2. The molecule has 0 spiro atoms. The highest BCUT2D eigenvalue weighted by Crippen LogP contribution is 2.40. The summed E-state index contributed by atoms with van der Waals surface area (Å²) in [6.07, 6.45) is -3.63. The van der Waals surface area contributed by atoms with Crippen molar-refractivity contribution in [3.8, 4) is 11.5 Å². The van der Waals surface area contributed by atoms with Crippen molar-refractivity contribution in [3.63, 3.8) is 0 Å². The number of amides is 2.